The average Bonchev–Trinajstić information content (AvgIpc) is 3.34. The van der Waals surface area contributed by atoms with E-state index in [0.29, 0.717) is 35.6 Å². The third-order valence-corrected chi connectivity index (χ3v) is 6.64. The topological polar surface area (TPSA) is 110 Å². The van der Waals surface area contributed by atoms with Gasteiger partial charge in [0.05, 0.1) is 10.5 Å². The van der Waals surface area contributed by atoms with Crippen molar-refractivity contribution in [2.24, 2.45) is 0 Å². The summed E-state index contributed by atoms with van der Waals surface area (Å²) in [5, 5.41) is 13.9. The Morgan fingerprint density at radius 2 is 1.96 bits per heavy atom. The van der Waals surface area contributed by atoms with Gasteiger partial charge in [0.2, 0.25) is 10.0 Å². The van der Waals surface area contributed by atoms with E-state index in [1.807, 2.05) is 0 Å². The van der Waals surface area contributed by atoms with E-state index in [-0.39, 0.29) is 4.90 Å². The highest BCUT2D eigenvalue weighted by Crippen LogP contribution is 2.26. The van der Waals surface area contributed by atoms with E-state index < -0.39 is 15.9 Å². The molecular weight excluding hydrogens is 368 g/mol. The number of sulfonamides is 1. The molecule has 0 atom stereocenters. The van der Waals surface area contributed by atoms with Crippen LogP contribution < -0.4 is 5.32 Å². The summed E-state index contributed by atoms with van der Waals surface area (Å²) in [6, 6.07) is 8.15. The SMILES string of the molecule is Cc1ccc(NC(=O)c2cccn3nnnc23)cc1S(=O)(=O)N1CCCC1. The molecule has 0 bridgehead atoms. The van der Waals surface area contributed by atoms with Crippen molar-refractivity contribution in [3.05, 3.63) is 47.7 Å². The monoisotopic (exact) mass is 386 g/mol. The second kappa shape index (κ2) is 6.71. The molecule has 1 aliphatic heterocycles. The minimum absolute atomic E-state index is 0.213. The van der Waals surface area contributed by atoms with E-state index in [0.717, 1.165) is 12.8 Å². The molecule has 1 aromatic carbocycles. The van der Waals surface area contributed by atoms with Crippen LogP contribution in [-0.4, -0.2) is 51.8 Å². The summed E-state index contributed by atoms with van der Waals surface area (Å²) in [4.78, 5) is 12.9. The molecule has 0 aliphatic carbocycles. The van der Waals surface area contributed by atoms with Gasteiger partial charge in [-0.1, -0.05) is 6.07 Å². The zero-order valence-corrected chi connectivity index (χ0v) is 15.5. The maximum Gasteiger partial charge on any atom is 0.259 e. The van der Waals surface area contributed by atoms with E-state index >= 15 is 0 Å². The number of nitrogens with zero attached hydrogens (tertiary/aromatic N) is 5. The second-order valence-corrected chi connectivity index (χ2v) is 8.32. The van der Waals surface area contributed by atoms with Gasteiger partial charge < -0.3 is 5.32 Å². The molecule has 4 rings (SSSR count). The van der Waals surface area contributed by atoms with Crippen molar-refractivity contribution in [1.29, 1.82) is 0 Å². The van der Waals surface area contributed by atoms with Crippen LogP contribution in [0.15, 0.2) is 41.4 Å². The van der Waals surface area contributed by atoms with Crippen molar-refractivity contribution in [2.75, 3.05) is 18.4 Å². The smallest absolute Gasteiger partial charge is 0.259 e. The number of hydrogen-bond acceptors (Lipinski definition) is 6. The number of rotatable bonds is 4. The molecule has 27 heavy (non-hydrogen) atoms. The molecule has 3 heterocycles. The van der Waals surface area contributed by atoms with Gasteiger partial charge in [0, 0.05) is 25.0 Å². The largest absolute Gasteiger partial charge is 0.322 e. The quantitative estimate of drug-likeness (QED) is 0.727. The Morgan fingerprint density at radius 3 is 2.74 bits per heavy atom. The summed E-state index contributed by atoms with van der Waals surface area (Å²) in [7, 11) is -3.57. The first-order chi connectivity index (χ1) is 13.0. The molecule has 9 nitrogen and oxygen atoms in total. The first kappa shape index (κ1) is 17.6. The molecule has 0 radical (unpaired) electrons. The molecule has 1 fully saturated rings. The highest BCUT2D eigenvalue weighted by atomic mass is 32.2. The van der Waals surface area contributed by atoms with Crippen LogP contribution >= 0.6 is 0 Å². The number of carbonyl (C=O) groups is 1. The van der Waals surface area contributed by atoms with E-state index in [9.17, 15) is 13.2 Å². The van der Waals surface area contributed by atoms with E-state index in [2.05, 4.69) is 20.8 Å². The number of aromatic nitrogens is 4. The van der Waals surface area contributed by atoms with Crippen LogP contribution in [0.2, 0.25) is 0 Å². The highest BCUT2D eigenvalue weighted by Gasteiger charge is 2.28. The van der Waals surface area contributed by atoms with Crippen LogP contribution in [-0.2, 0) is 10.0 Å². The van der Waals surface area contributed by atoms with Crippen molar-refractivity contribution in [2.45, 2.75) is 24.7 Å². The standard InChI is InChI=1S/C17H18N6O3S/c1-12-6-7-13(11-15(12)27(25,26)22-8-2-3-9-22)18-17(24)14-5-4-10-23-16(14)19-20-21-23/h4-7,10-11H,2-3,8-9H2,1H3,(H,18,24). The Kier molecular flexibility index (Phi) is 4.36. The van der Waals surface area contributed by atoms with E-state index in [1.165, 1.54) is 14.9 Å². The van der Waals surface area contributed by atoms with Gasteiger partial charge >= 0.3 is 0 Å². The molecule has 10 heteroatoms. The van der Waals surface area contributed by atoms with Gasteiger partial charge in [-0.3, -0.25) is 4.79 Å². The number of fused-ring (bicyclic) bond motifs is 1. The van der Waals surface area contributed by atoms with Crippen molar-refractivity contribution in [3.8, 4) is 0 Å². The minimum atomic E-state index is -3.57. The number of amides is 1. The van der Waals surface area contributed by atoms with Crippen molar-refractivity contribution >= 4 is 27.3 Å². The molecular formula is C17H18N6O3S. The molecule has 1 N–H and O–H groups in total. The first-order valence-corrected chi connectivity index (χ1v) is 10.00. The molecule has 0 spiro atoms. The lowest BCUT2D eigenvalue weighted by atomic mass is 10.2. The fourth-order valence-corrected chi connectivity index (χ4v) is 4.93. The number of tetrazole rings is 1. The van der Waals surface area contributed by atoms with Gasteiger partial charge in [0.15, 0.2) is 5.65 Å². The Hall–Kier alpha value is -2.85. The van der Waals surface area contributed by atoms with Gasteiger partial charge in [0.1, 0.15) is 0 Å². The lowest BCUT2D eigenvalue weighted by molar-refractivity contribution is 0.102. The van der Waals surface area contributed by atoms with Gasteiger partial charge in [-0.2, -0.15) is 8.82 Å². The molecule has 1 amide bonds. The summed E-state index contributed by atoms with van der Waals surface area (Å²) in [6.45, 7) is 2.80. The molecule has 0 saturated carbocycles. The third kappa shape index (κ3) is 3.17. The van der Waals surface area contributed by atoms with Crippen molar-refractivity contribution < 1.29 is 13.2 Å². The summed E-state index contributed by atoms with van der Waals surface area (Å²) in [6.07, 6.45) is 3.37. The summed E-state index contributed by atoms with van der Waals surface area (Å²) in [5.74, 6) is -0.413. The number of hydrogen-bond donors (Lipinski definition) is 1. The van der Waals surface area contributed by atoms with Gasteiger partial charge in [-0.05, 0) is 60.0 Å². The molecule has 3 aromatic rings. The maximum absolute atomic E-state index is 12.9. The maximum atomic E-state index is 12.9. The Bertz CT molecular complexity index is 1120. The van der Waals surface area contributed by atoms with Crippen LogP contribution in [0.1, 0.15) is 28.8 Å². The molecule has 0 unspecified atom stereocenters. The lowest BCUT2D eigenvalue weighted by Gasteiger charge is -2.18. The zero-order chi connectivity index (χ0) is 19.0. The van der Waals surface area contributed by atoms with Gasteiger partial charge in [-0.25, -0.2) is 8.42 Å². The summed E-state index contributed by atoms with van der Waals surface area (Å²) in [5.41, 5.74) is 1.67. The van der Waals surface area contributed by atoms with E-state index in [1.54, 1.807) is 37.4 Å². The Labute approximate surface area is 156 Å². The summed E-state index contributed by atoms with van der Waals surface area (Å²) >= 11 is 0. The van der Waals surface area contributed by atoms with Gasteiger partial charge in [0.25, 0.3) is 5.91 Å². The van der Waals surface area contributed by atoms with Crippen LogP contribution in [0.25, 0.3) is 5.65 Å². The van der Waals surface area contributed by atoms with Crippen LogP contribution in [0.4, 0.5) is 5.69 Å². The van der Waals surface area contributed by atoms with Crippen LogP contribution in [0, 0.1) is 6.92 Å². The zero-order valence-electron chi connectivity index (χ0n) is 14.7. The molecule has 1 saturated heterocycles. The minimum Gasteiger partial charge on any atom is -0.322 e. The fraction of sp³-hybridized carbons (Fsp3) is 0.294. The highest BCUT2D eigenvalue weighted by molar-refractivity contribution is 7.89. The predicted molar refractivity (Wildman–Crippen MR) is 97.9 cm³/mol. The Morgan fingerprint density at radius 1 is 1.19 bits per heavy atom. The second-order valence-electron chi connectivity index (χ2n) is 6.41. The molecule has 1 aliphatic rings. The van der Waals surface area contributed by atoms with Gasteiger partial charge in [-0.15, -0.1) is 5.10 Å². The van der Waals surface area contributed by atoms with Crippen LogP contribution in [0.5, 0.6) is 0 Å². The number of nitrogens with one attached hydrogen (secondary N) is 1. The average molecular weight is 386 g/mol. The Balaban J connectivity index is 1.65. The van der Waals surface area contributed by atoms with Crippen molar-refractivity contribution in [3.63, 3.8) is 0 Å². The van der Waals surface area contributed by atoms with Crippen LogP contribution in [0.3, 0.4) is 0 Å². The number of carbonyl (C=O) groups excluding carboxylic acids is 1. The fourth-order valence-electron chi connectivity index (χ4n) is 3.17. The number of benzene rings is 1. The normalized spacial score (nSPS) is 15.3. The first-order valence-electron chi connectivity index (χ1n) is 8.56. The number of pyridine rings is 1. The molecule has 2 aromatic heterocycles. The molecule has 140 valence electrons. The summed E-state index contributed by atoms with van der Waals surface area (Å²) < 4.78 is 28.7. The van der Waals surface area contributed by atoms with E-state index in [4.69, 9.17) is 0 Å². The predicted octanol–water partition coefficient (Wildman–Crippen LogP) is 1.47. The lowest BCUT2D eigenvalue weighted by Crippen LogP contribution is -2.28. The number of aryl methyl sites for hydroxylation is 1. The number of anilines is 1. The van der Waals surface area contributed by atoms with Crippen molar-refractivity contribution in [1.82, 2.24) is 24.3 Å². The third-order valence-electron chi connectivity index (χ3n) is 4.60.